The molecule has 2 amide bonds. The maximum absolute atomic E-state index is 13.1. The fourth-order valence-electron chi connectivity index (χ4n) is 4.70. The smallest absolute Gasteiger partial charge is 0.274 e. The van der Waals surface area contributed by atoms with E-state index in [4.69, 9.17) is 0 Å². The van der Waals surface area contributed by atoms with E-state index in [1.165, 1.54) is 12.1 Å². The van der Waals surface area contributed by atoms with Crippen molar-refractivity contribution in [1.82, 2.24) is 19.8 Å². The maximum atomic E-state index is 13.1. The van der Waals surface area contributed by atoms with E-state index in [0.717, 1.165) is 25.0 Å². The van der Waals surface area contributed by atoms with Crippen LogP contribution >= 0.6 is 0 Å². The van der Waals surface area contributed by atoms with Gasteiger partial charge in [-0.2, -0.15) is 0 Å². The van der Waals surface area contributed by atoms with Crippen LogP contribution in [-0.4, -0.2) is 64.3 Å². The minimum absolute atomic E-state index is 0.0217. The van der Waals surface area contributed by atoms with Crippen LogP contribution in [0.5, 0.6) is 0 Å². The highest BCUT2D eigenvalue weighted by Crippen LogP contribution is 2.33. The molecular formula is C23H28FN5O2. The van der Waals surface area contributed by atoms with Crippen LogP contribution in [0.1, 0.15) is 35.4 Å². The first-order valence-electron chi connectivity index (χ1n) is 10.8. The van der Waals surface area contributed by atoms with Crippen molar-refractivity contribution in [3.63, 3.8) is 0 Å². The third kappa shape index (κ3) is 4.90. The first kappa shape index (κ1) is 21.4. The average molecular weight is 426 g/mol. The van der Waals surface area contributed by atoms with E-state index < -0.39 is 0 Å². The zero-order chi connectivity index (χ0) is 22.0. The Morgan fingerprint density at radius 3 is 2.45 bits per heavy atom. The summed E-state index contributed by atoms with van der Waals surface area (Å²) >= 11 is 0. The molecule has 0 radical (unpaired) electrons. The molecule has 0 aliphatic carbocycles. The summed E-state index contributed by atoms with van der Waals surface area (Å²) in [5.41, 5.74) is 1.79. The standard InChI is InChI=1S/C23H28FN5O2/c1-15-12-26-20(13-25-15)23(31)29-9-7-16(8-10-29)21-11-17(14-28(21)2)22(30)27-19-5-3-18(24)4-6-19/h3-6,12-13,16-17,21H,7-11,14H2,1-2H3,(H,27,30)/t17-,21-/m0/s1. The third-order valence-corrected chi connectivity index (χ3v) is 6.45. The van der Waals surface area contributed by atoms with Crippen LogP contribution in [0, 0.1) is 24.6 Å². The van der Waals surface area contributed by atoms with Gasteiger partial charge >= 0.3 is 0 Å². The van der Waals surface area contributed by atoms with Crippen LogP contribution in [0.3, 0.4) is 0 Å². The van der Waals surface area contributed by atoms with Gasteiger partial charge in [0.2, 0.25) is 5.91 Å². The van der Waals surface area contributed by atoms with Gasteiger partial charge in [0.1, 0.15) is 11.5 Å². The molecule has 1 aromatic heterocycles. The molecular weight excluding hydrogens is 397 g/mol. The number of aromatic nitrogens is 2. The van der Waals surface area contributed by atoms with Crippen molar-refractivity contribution in [2.24, 2.45) is 11.8 Å². The topological polar surface area (TPSA) is 78.4 Å². The molecule has 2 atom stereocenters. The zero-order valence-electron chi connectivity index (χ0n) is 17.9. The van der Waals surface area contributed by atoms with E-state index in [-0.39, 0.29) is 23.5 Å². The number of hydrogen-bond donors (Lipinski definition) is 1. The number of piperidine rings is 1. The normalized spacial score (nSPS) is 22.5. The van der Waals surface area contributed by atoms with Crippen LogP contribution in [0.2, 0.25) is 0 Å². The molecule has 0 unspecified atom stereocenters. The van der Waals surface area contributed by atoms with Crippen LogP contribution in [-0.2, 0) is 4.79 Å². The predicted octanol–water partition coefficient (Wildman–Crippen LogP) is 2.74. The lowest BCUT2D eigenvalue weighted by atomic mass is 9.86. The molecule has 7 nitrogen and oxygen atoms in total. The Kier molecular flexibility index (Phi) is 6.27. The minimum Gasteiger partial charge on any atom is -0.337 e. The van der Waals surface area contributed by atoms with Crippen molar-refractivity contribution in [2.75, 3.05) is 32.0 Å². The number of carbonyl (C=O) groups excluding carboxylic acids is 2. The van der Waals surface area contributed by atoms with Gasteiger partial charge in [0.15, 0.2) is 0 Å². The third-order valence-electron chi connectivity index (χ3n) is 6.45. The maximum Gasteiger partial charge on any atom is 0.274 e. The zero-order valence-corrected chi connectivity index (χ0v) is 17.9. The molecule has 0 bridgehead atoms. The van der Waals surface area contributed by atoms with Crippen molar-refractivity contribution in [3.05, 3.63) is 53.9 Å². The quantitative estimate of drug-likeness (QED) is 0.815. The summed E-state index contributed by atoms with van der Waals surface area (Å²) in [4.78, 5) is 37.9. The Labute approximate surface area is 181 Å². The Morgan fingerprint density at radius 2 is 1.81 bits per heavy atom. The van der Waals surface area contributed by atoms with Gasteiger partial charge in [-0.3, -0.25) is 14.6 Å². The van der Waals surface area contributed by atoms with E-state index >= 15 is 0 Å². The molecule has 4 rings (SSSR count). The highest BCUT2D eigenvalue weighted by atomic mass is 19.1. The van der Waals surface area contributed by atoms with Gasteiger partial charge in [0.05, 0.1) is 17.8 Å². The van der Waals surface area contributed by atoms with Gasteiger partial charge in [-0.05, 0) is 63.4 Å². The fraction of sp³-hybridized carbons (Fsp3) is 0.478. The second-order valence-corrected chi connectivity index (χ2v) is 8.61. The second-order valence-electron chi connectivity index (χ2n) is 8.61. The van der Waals surface area contributed by atoms with Gasteiger partial charge in [-0.1, -0.05) is 0 Å². The predicted molar refractivity (Wildman–Crippen MR) is 115 cm³/mol. The number of carbonyl (C=O) groups is 2. The minimum atomic E-state index is -0.321. The largest absolute Gasteiger partial charge is 0.337 e. The number of rotatable bonds is 4. The molecule has 2 aliphatic heterocycles. The molecule has 2 aromatic rings. The number of hydrogen-bond acceptors (Lipinski definition) is 5. The van der Waals surface area contributed by atoms with Crippen LogP contribution in [0.4, 0.5) is 10.1 Å². The first-order valence-corrected chi connectivity index (χ1v) is 10.8. The van der Waals surface area contributed by atoms with Gasteiger partial charge in [0.25, 0.3) is 5.91 Å². The monoisotopic (exact) mass is 425 g/mol. The van der Waals surface area contributed by atoms with Crippen LogP contribution in [0.15, 0.2) is 36.7 Å². The molecule has 2 saturated heterocycles. The SMILES string of the molecule is Cc1cnc(C(=O)N2CCC([C@@H]3C[C@H](C(=O)Nc4ccc(F)cc4)CN3C)CC2)cn1. The van der Waals surface area contributed by atoms with E-state index in [1.807, 2.05) is 11.8 Å². The van der Waals surface area contributed by atoms with E-state index in [0.29, 0.717) is 43.0 Å². The second kappa shape index (κ2) is 9.09. The Balaban J connectivity index is 1.30. The lowest BCUT2D eigenvalue weighted by molar-refractivity contribution is -0.119. The van der Waals surface area contributed by atoms with Gasteiger partial charge in [-0.25, -0.2) is 9.37 Å². The average Bonchev–Trinajstić information content (AvgIpc) is 3.17. The summed E-state index contributed by atoms with van der Waals surface area (Å²) in [6.07, 6.45) is 5.77. The molecule has 3 heterocycles. The Hall–Kier alpha value is -2.87. The summed E-state index contributed by atoms with van der Waals surface area (Å²) in [7, 11) is 2.06. The van der Waals surface area contributed by atoms with Crippen LogP contribution in [0.25, 0.3) is 0 Å². The molecule has 8 heteroatoms. The first-order chi connectivity index (χ1) is 14.9. The van der Waals surface area contributed by atoms with Crippen molar-refractivity contribution in [3.8, 4) is 0 Å². The highest BCUT2D eigenvalue weighted by Gasteiger charge is 2.39. The Bertz CT molecular complexity index is 926. The molecule has 164 valence electrons. The summed E-state index contributed by atoms with van der Waals surface area (Å²) in [5, 5.41) is 2.90. The molecule has 0 spiro atoms. The van der Waals surface area contributed by atoms with Crippen molar-refractivity contribution in [1.29, 1.82) is 0 Å². The van der Waals surface area contributed by atoms with Crippen molar-refractivity contribution >= 4 is 17.5 Å². The number of aryl methyl sites for hydroxylation is 1. The molecule has 1 N–H and O–H groups in total. The van der Waals surface area contributed by atoms with Gasteiger partial charge in [-0.15, -0.1) is 0 Å². The highest BCUT2D eigenvalue weighted by molar-refractivity contribution is 5.93. The number of anilines is 1. The number of halogens is 1. The summed E-state index contributed by atoms with van der Waals surface area (Å²) in [6.45, 7) is 3.93. The number of nitrogens with zero attached hydrogens (tertiary/aromatic N) is 4. The summed E-state index contributed by atoms with van der Waals surface area (Å²) < 4.78 is 13.1. The molecule has 1 aromatic carbocycles. The van der Waals surface area contributed by atoms with Crippen molar-refractivity contribution in [2.45, 2.75) is 32.2 Å². The van der Waals surface area contributed by atoms with E-state index in [2.05, 4.69) is 27.2 Å². The fourth-order valence-corrected chi connectivity index (χ4v) is 4.70. The Morgan fingerprint density at radius 1 is 1.10 bits per heavy atom. The number of likely N-dealkylation sites (tertiary alicyclic amines) is 2. The number of nitrogens with one attached hydrogen (secondary N) is 1. The van der Waals surface area contributed by atoms with Gasteiger partial charge in [0, 0.05) is 37.6 Å². The van der Waals surface area contributed by atoms with Crippen LogP contribution < -0.4 is 5.32 Å². The van der Waals surface area contributed by atoms with Crippen molar-refractivity contribution < 1.29 is 14.0 Å². The van der Waals surface area contributed by atoms with E-state index in [1.54, 1.807) is 24.5 Å². The molecule has 2 fully saturated rings. The summed E-state index contributed by atoms with van der Waals surface area (Å²) in [5.74, 6) is -0.0592. The number of amides is 2. The van der Waals surface area contributed by atoms with E-state index in [9.17, 15) is 14.0 Å². The molecule has 31 heavy (non-hydrogen) atoms. The number of benzene rings is 1. The summed E-state index contributed by atoms with van der Waals surface area (Å²) in [6, 6.07) is 6.16. The molecule has 0 saturated carbocycles. The lowest BCUT2D eigenvalue weighted by Gasteiger charge is -2.37. The van der Waals surface area contributed by atoms with Gasteiger partial charge < -0.3 is 15.1 Å². The molecule has 2 aliphatic rings. The lowest BCUT2D eigenvalue weighted by Crippen LogP contribution is -2.44.